The number of nitrogens with zero attached hydrogens (tertiary/aromatic N) is 3. The highest BCUT2D eigenvalue weighted by Crippen LogP contribution is 2.44. The molecule has 8 heteroatoms. The summed E-state index contributed by atoms with van der Waals surface area (Å²) in [5.41, 5.74) is 9.86. The SMILES string of the molecule is Cl.NC1CCCN(c2nc3c(Br)c(Br)c(Br)c4c3n2CCC4)CC1. The van der Waals surface area contributed by atoms with Crippen molar-refractivity contribution in [1.82, 2.24) is 9.55 Å². The van der Waals surface area contributed by atoms with Gasteiger partial charge in [-0.1, -0.05) is 0 Å². The second-order valence-corrected chi connectivity index (χ2v) is 8.84. The zero-order valence-electron chi connectivity index (χ0n) is 13.2. The molecule has 1 saturated heterocycles. The van der Waals surface area contributed by atoms with Gasteiger partial charge in [-0.15, -0.1) is 12.4 Å². The van der Waals surface area contributed by atoms with Gasteiger partial charge < -0.3 is 15.2 Å². The normalized spacial score (nSPS) is 20.8. The first kappa shape index (κ1) is 19.0. The van der Waals surface area contributed by atoms with Crippen molar-refractivity contribution in [3.63, 3.8) is 0 Å². The van der Waals surface area contributed by atoms with Crippen molar-refractivity contribution in [3.05, 3.63) is 19.0 Å². The lowest BCUT2D eigenvalue weighted by molar-refractivity contribution is 0.598. The lowest BCUT2D eigenvalue weighted by Gasteiger charge is -2.25. The van der Waals surface area contributed by atoms with Gasteiger partial charge in [0.25, 0.3) is 0 Å². The molecular weight excluding hydrogens is 523 g/mol. The van der Waals surface area contributed by atoms with E-state index in [0.717, 1.165) is 76.6 Å². The Morgan fingerprint density at radius 2 is 1.75 bits per heavy atom. The molecule has 2 aliphatic rings. The molecule has 0 bridgehead atoms. The summed E-state index contributed by atoms with van der Waals surface area (Å²) in [6, 6.07) is 0.330. The van der Waals surface area contributed by atoms with E-state index in [4.69, 9.17) is 10.7 Å². The molecule has 0 radical (unpaired) electrons. The zero-order valence-corrected chi connectivity index (χ0v) is 18.8. The number of nitrogens with two attached hydrogens (primary N) is 1. The van der Waals surface area contributed by atoms with Crippen molar-refractivity contribution in [2.45, 2.75) is 44.7 Å². The maximum absolute atomic E-state index is 6.15. The zero-order chi connectivity index (χ0) is 16.1. The van der Waals surface area contributed by atoms with Crippen LogP contribution < -0.4 is 10.6 Å². The standard InChI is InChI=1S/C16H19Br3N4.ClH/c17-11-10-4-2-7-23-15(10)14(13(19)12(11)18)21-16(23)22-6-1-3-9(20)5-8-22;/h9H,1-8,20H2;1H. The van der Waals surface area contributed by atoms with Gasteiger partial charge in [0, 0.05) is 34.6 Å². The molecule has 1 atom stereocenters. The van der Waals surface area contributed by atoms with Crippen LogP contribution in [0.5, 0.6) is 0 Å². The van der Waals surface area contributed by atoms with Crippen molar-refractivity contribution in [2.75, 3.05) is 18.0 Å². The summed E-state index contributed by atoms with van der Waals surface area (Å²) in [4.78, 5) is 7.45. The monoisotopic (exact) mass is 540 g/mol. The molecule has 0 saturated carbocycles. The molecule has 0 amide bonds. The van der Waals surface area contributed by atoms with Crippen LogP contribution in [0.1, 0.15) is 31.2 Å². The minimum absolute atomic E-state index is 0. The van der Waals surface area contributed by atoms with Crippen molar-refractivity contribution in [1.29, 1.82) is 0 Å². The van der Waals surface area contributed by atoms with Gasteiger partial charge in [-0.2, -0.15) is 0 Å². The second-order valence-electron chi connectivity index (χ2n) is 6.46. The van der Waals surface area contributed by atoms with Crippen LogP contribution in [-0.4, -0.2) is 28.7 Å². The number of hydrogen-bond acceptors (Lipinski definition) is 3. The van der Waals surface area contributed by atoms with Crippen LogP contribution >= 0.6 is 60.2 Å². The van der Waals surface area contributed by atoms with E-state index >= 15 is 0 Å². The predicted octanol–water partition coefficient (Wildman–Crippen LogP) is 5.01. The van der Waals surface area contributed by atoms with Gasteiger partial charge in [0.15, 0.2) is 0 Å². The Kier molecular flexibility index (Phi) is 5.87. The van der Waals surface area contributed by atoms with E-state index in [1.54, 1.807) is 0 Å². The minimum atomic E-state index is 0. The third-order valence-electron chi connectivity index (χ3n) is 4.96. The highest BCUT2D eigenvalue weighted by atomic mass is 79.9. The molecular formula is C16H20Br3ClN4. The number of rotatable bonds is 1. The van der Waals surface area contributed by atoms with Crippen molar-refractivity contribution < 1.29 is 0 Å². The number of hydrogen-bond donors (Lipinski definition) is 1. The highest BCUT2D eigenvalue weighted by Gasteiger charge is 2.27. The van der Waals surface area contributed by atoms with Crippen LogP contribution in [0.25, 0.3) is 11.0 Å². The molecule has 2 N–H and O–H groups in total. The van der Waals surface area contributed by atoms with Crippen LogP contribution in [0.4, 0.5) is 5.95 Å². The third kappa shape index (κ3) is 3.04. The van der Waals surface area contributed by atoms with Gasteiger partial charge in [0.1, 0.15) is 5.52 Å². The average molecular weight is 544 g/mol. The van der Waals surface area contributed by atoms with E-state index in [0.29, 0.717) is 6.04 Å². The van der Waals surface area contributed by atoms with Crippen molar-refractivity contribution in [3.8, 4) is 0 Å². The molecule has 2 aromatic rings. The molecule has 4 rings (SSSR count). The molecule has 4 nitrogen and oxygen atoms in total. The lowest BCUT2D eigenvalue weighted by Crippen LogP contribution is -2.29. The Balaban J connectivity index is 0.00000169. The molecule has 24 heavy (non-hydrogen) atoms. The summed E-state index contributed by atoms with van der Waals surface area (Å²) in [6.45, 7) is 3.09. The second kappa shape index (κ2) is 7.43. The summed E-state index contributed by atoms with van der Waals surface area (Å²) < 4.78 is 5.67. The minimum Gasteiger partial charge on any atom is -0.342 e. The van der Waals surface area contributed by atoms with Gasteiger partial charge in [0.05, 0.1) is 9.99 Å². The number of benzene rings is 1. The molecule has 3 heterocycles. The van der Waals surface area contributed by atoms with Crippen LogP contribution in [0.15, 0.2) is 13.4 Å². The van der Waals surface area contributed by atoms with E-state index < -0.39 is 0 Å². The van der Waals surface area contributed by atoms with Gasteiger partial charge in [-0.05, 0) is 85.5 Å². The summed E-state index contributed by atoms with van der Waals surface area (Å²) in [7, 11) is 0. The molecule has 132 valence electrons. The summed E-state index contributed by atoms with van der Waals surface area (Å²) >= 11 is 11.2. The fourth-order valence-electron chi connectivity index (χ4n) is 3.75. The van der Waals surface area contributed by atoms with E-state index in [2.05, 4.69) is 57.3 Å². The van der Waals surface area contributed by atoms with Gasteiger partial charge in [0.2, 0.25) is 5.95 Å². The average Bonchev–Trinajstić information content (AvgIpc) is 2.81. The first-order valence-corrected chi connectivity index (χ1v) is 10.5. The first-order chi connectivity index (χ1) is 11.1. The number of aromatic nitrogens is 2. The van der Waals surface area contributed by atoms with Crippen LogP contribution in [0.3, 0.4) is 0 Å². The van der Waals surface area contributed by atoms with E-state index in [1.165, 1.54) is 11.1 Å². The summed E-state index contributed by atoms with van der Waals surface area (Å²) in [6.07, 6.45) is 5.56. The largest absolute Gasteiger partial charge is 0.342 e. The molecule has 1 aromatic carbocycles. The molecule has 1 fully saturated rings. The fourth-order valence-corrected chi connectivity index (χ4v) is 5.51. The van der Waals surface area contributed by atoms with E-state index in [9.17, 15) is 0 Å². The summed E-state index contributed by atoms with van der Waals surface area (Å²) in [5.74, 6) is 1.11. The Bertz CT molecular complexity index is 777. The maximum atomic E-state index is 6.15. The quantitative estimate of drug-likeness (QED) is 0.515. The topological polar surface area (TPSA) is 47.1 Å². The maximum Gasteiger partial charge on any atom is 0.206 e. The smallest absolute Gasteiger partial charge is 0.206 e. The van der Waals surface area contributed by atoms with E-state index in [1.807, 2.05) is 0 Å². The molecule has 1 aromatic heterocycles. The summed E-state index contributed by atoms with van der Waals surface area (Å²) in [5, 5.41) is 0. The van der Waals surface area contributed by atoms with Crippen LogP contribution in [-0.2, 0) is 13.0 Å². The van der Waals surface area contributed by atoms with E-state index in [-0.39, 0.29) is 12.4 Å². The molecule has 0 aliphatic carbocycles. The number of aryl methyl sites for hydroxylation is 2. The highest BCUT2D eigenvalue weighted by molar-refractivity contribution is 9.14. The molecule has 1 unspecified atom stereocenters. The molecule has 0 spiro atoms. The molecule has 2 aliphatic heterocycles. The van der Waals surface area contributed by atoms with Crippen molar-refractivity contribution in [2.24, 2.45) is 5.73 Å². The Morgan fingerprint density at radius 1 is 0.958 bits per heavy atom. The van der Waals surface area contributed by atoms with Gasteiger partial charge >= 0.3 is 0 Å². The first-order valence-electron chi connectivity index (χ1n) is 8.14. The Hall–Kier alpha value is 0.180. The predicted molar refractivity (Wildman–Crippen MR) is 112 cm³/mol. The Labute approximate surface area is 173 Å². The third-order valence-corrected chi connectivity index (χ3v) is 8.46. The number of halogens is 4. The van der Waals surface area contributed by atoms with Crippen LogP contribution in [0, 0.1) is 0 Å². The van der Waals surface area contributed by atoms with Gasteiger partial charge in [-0.25, -0.2) is 4.98 Å². The van der Waals surface area contributed by atoms with Crippen molar-refractivity contribution >= 4 is 77.2 Å². The lowest BCUT2D eigenvalue weighted by atomic mass is 10.0. The number of anilines is 1. The Morgan fingerprint density at radius 3 is 2.54 bits per heavy atom. The fraction of sp³-hybridized carbons (Fsp3) is 0.562. The number of imidazole rings is 1. The van der Waals surface area contributed by atoms with Gasteiger partial charge in [-0.3, -0.25) is 0 Å². The van der Waals surface area contributed by atoms with Crippen LogP contribution in [0.2, 0.25) is 0 Å².